The van der Waals surface area contributed by atoms with E-state index in [4.69, 9.17) is 4.74 Å². The number of hydrogen-bond donors (Lipinski definition) is 0. The molecule has 0 N–H and O–H groups in total. The molecule has 4 rings (SSSR count). The molecule has 1 aliphatic heterocycles. The average Bonchev–Trinajstić information content (AvgIpc) is 3.44. The monoisotopic (exact) mass is 651 g/mol. The highest BCUT2D eigenvalue weighted by Gasteiger charge is 2.73. The van der Waals surface area contributed by atoms with Gasteiger partial charge in [0, 0.05) is 25.1 Å². The number of halogens is 7. The molecule has 0 bridgehead atoms. The van der Waals surface area contributed by atoms with Crippen LogP contribution in [0.3, 0.4) is 0 Å². The van der Waals surface area contributed by atoms with Gasteiger partial charge < -0.3 is 14.4 Å². The summed E-state index contributed by atoms with van der Waals surface area (Å²) in [5, 5.41) is 0. The molecule has 2 aliphatic rings. The number of sulfone groups is 1. The molecule has 2 fully saturated rings. The predicted molar refractivity (Wildman–Crippen MR) is 141 cm³/mol. The lowest BCUT2D eigenvalue weighted by Crippen LogP contribution is -2.50. The number of ether oxygens (including phenoxy) is 1. The third kappa shape index (κ3) is 5.94. The van der Waals surface area contributed by atoms with Crippen LogP contribution < -0.4 is 0 Å². The minimum Gasteiger partial charge on any atom is -0.376 e. The van der Waals surface area contributed by atoms with Gasteiger partial charge in [0.15, 0.2) is 9.84 Å². The SMILES string of the molecule is O=CCc1cccc(S(=O)(=O)C2(c3ccc(C(F)(C(F)(F)F)C(F)(F)F)cc3)CCN(C(=O)OC(=O)C3CCCCC3)C2)c1. The molecule has 0 spiro atoms. The molecule has 2 aromatic carbocycles. The summed E-state index contributed by atoms with van der Waals surface area (Å²) in [7, 11) is -4.60. The highest BCUT2D eigenvalue weighted by atomic mass is 32.2. The Labute approximate surface area is 248 Å². The molecule has 44 heavy (non-hydrogen) atoms. The number of benzene rings is 2. The number of carbonyl (C=O) groups is 3. The van der Waals surface area contributed by atoms with E-state index in [0.717, 1.165) is 24.2 Å². The smallest absolute Gasteiger partial charge is 0.376 e. The zero-order valence-corrected chi connectivity index (χ0v) is 23.9. The fourth-order valence-electron chi connectivity index (χ4n) is 5.77. The fraction of sp³-hybridized carbons (Fsp3) is 0.483. The van der Waals surface area contributed by atoms with Crippen LogP contribution in [0.15, 0.2) is 53.4 Å². The van der Waals surface area contributed by atoms with Gasteiger partial charge in [0.2, 0.25) is 0 Å². The van der Waals surface area contributed by atoms with E-state index >= 15 is 0 Å². The number of amides is 1. The Balaban J connectivity index is 1.76. The standard InChI is InChI=1S/C29H28F7NO6S/c30-27(28(31,32)33,29(34,35)36)22-11-9-21(10-12-22)26(44(41,42)23-8-4-5-19(17-23)13-16-38)14-15-37(18-26)25(40)43-24(39)20-6-2-1-3-7-20/h4-5,8-12,16-17,20H,1-3,6-7,13-15,18H2. The van der Waals surface area contributed by atoms with E-state index in [1.54, 1.807) is 0 Å². The van der Waals surface area contributed by atoms with Gasteiger partial charge in [-0.1, -0.05) is 55.7 Å². The molecule has 1 atom stereocenters. The predicted octanol–water partition coefficient (Wildman–Crippen LogP) is 6.34. The highest BCUT2D eigenvalue weighted by molar-refractivity contribution is 7.92. The topological polar surface area (TPSA) is 97.8 Å². The Kier molecular flexibility index (Phi) is 9.21. The molecule has 1 heterocycles. The van der Waals surface area contributed by atoms with Crippen molar-refractivity contribution in [1.82, 2.24) is 4.90 Å². The van der Waals surface area contributed by atoms with Crippen LogP contribution in [0.4, 0.5) is 35.5 Å². The van der Waals surface area contributed by atoms with Gasteiger partial charge in [-0.3, -0.25) is 4.79 Å². The molecule has 1 amide bonds. The van der Waals surface area contributed by atoms with Crippen molar-refractivity contribution in [3.05, 3.63) is 65.2 Å². The number of rotatable bonds is 7. The molecule has 1 saturated heterocycles. The normalized spacial score (nSPS) is 20.4. The molecule has 7 nitrogen and oxygen atoms in total. The first kappa shape index (κ1) is 33.4. The van der Waals surface area contributed by atoms with Crippen LogP contribution >= 0.6 is 0 Å². The number of nitrogens with zero attached hydrogens (tertiary/aromatic N) is 1. The number of aldehydes is 1. The fourth-order valence-corrected chi connectivity index (χ4v) is 7.92. The van der Waals surface area contributed by atoms with Gasteiger partial charge in [-0.05, 0) is 42.5 Å². The number of carbonyl (C=O) groups excluding carboxylic acids is 3. The minimum absolute atomic E-state index is 0.153. The van der Waals surface area contributed by atoms with Crippen molar-refractivity contribution >= 4 is 28.2 Å². The third-order valence-corrected chi connectivity index (χ3v) is 10.7. The Hall–Kier alpha value is -3.49. The summed E-state index contributed by atoms with van der Waals surface area (Å²) in [6, 6.07) is 6.91. The molecule has 0 radical (unpaired) electrons. The molecule has 0 aromatic heterocycles. The Morgan fingerprint density at radius 3 is 2.11 bits per heavy atom. The highest BCUT2D eigenvalue weighted by Crippen LogP contribution is 2.54. The summed E-state index contributed by atoms with van der Waals surface area (Å²) in [6.07, 6.45) is -10.4. The molecular weight excluding hydrogens is 623 g/mol. The lowest BCUT2D eigenvalue weighted by atomic mass is 9.89. The summed E-state index contributed by atoms with van der Waals surface area (Å²) in [5.41, 5.74) is -7.56. The first-order valence-corrected chi connectivity index (χ1v) is 15.2. The van der Waals surface area contributed by atoms with Crippen LogP contribution in [-0.4, -0.2) is 57.1 Å². The first-order chi connectivity index (χ1) is 20.5. The van der Waals surface area contributed by atoms with Gasteiger partial charge in [-0.2, -0.15) is 26.3 Å². The number of alkyl halides is 7. The second kappa shape index (κ2) is 12.1. The van der Waals surface area contributed by atoms with Gasteiger partial charge in [0.1, 0.15) is 11.0 Å². The van der Waals surface area contributed by atoms with Crippen LogP contribution in [0.1, 0.15) is 55.2 Å². The Morgan fingerprint density at radius 1 is 0.932 bits per heavy atom. The quantitative estimate of drug-likeness (QED) is 0.150. The maximum absolute atomic E-state index is 14.7. The van der Waals surface area contributed by atoms with E-state index in [9.17, 15) is 53.5 Å². The summed E-state index contributed by atoms with van der Waals surface area (Å²) in [4.78, 5) is 37.2. The maximum atomic E-state index is 14.7. The molecule has 2 aromatic rings. The summed E-state index contributed by atoms with van der Waals surface area (Å²) in [6.45, 7) is -0.980. The van der Waals surface area contributed by atoms with E-state index in [1.807, 2.05) is 0 Å². The van der Waals surface area contributed by atoms with Crippen molar-refractivity contribution in [2.24, 2.45) is 5.92 Å². The lowest BCUT2D eigenvalue weighted by Gasteiger charge is -2.32. The molecule has 240 valence electrons. The Morgan fingerprint density at radius 2 is 1.55 bits per heavy atom. The molecule has 1 unspecified atom stereocenters. The molecule has 15 heteroatoms. The lowest BCUT2D eigenvalue weighted by molar-refractivity contribution is -0.348. The first-order valence-electron chi connectivity index (χ1n) is 13.7. The second-order valence-electron chi connectivity index (χ2n) is 10.9. The van der Waals surface area contributed by atoms with Gasteiger partial charge >= 0.3 is 30.1 Å². The van der Waals surface area contributed by atoms with Crippen molar-refractivity contribution in [2.75, 3.05) is 13.1 Å². The van der Waals surface area contributed by atoms with Crippen molar-refractivity contribution in [3.63, 3.8) is 0 Å². The van der Waals surface area contributed by atoms with Crippen molar-refractivity contribution < 1.29 is 58.3 Å². The van der Waals surface area contributed by atoms with Crippen molar-refractivity contribution in [1.29, 1.82) is 0 Å². The van der Waals surface area contributed by atoms with Gasteiger partial charge in [0.05, 0.1) is 10.8 Å². The van der Waals surface area contributed by atoms with E-state index < -0.39 is 69.1 Å². The largest absolute Gasteiger partial charge is 0.435 e. The summed E-state index contributed by atoms with van der Waals surface area (Å²) >= 11 is 0. The number of esters is 1. The maximum Gasteiger partial charge on any atom is 0.435 e. The van der Waals surface area contributed by atoms with Crippen LogP contribution in [0.2, 0.25) is 0 Å². The summed E-state index contributed by atoms with van der Waals surface area (Å²) in [5.74, 6) is -1.29. The third-order valence-electron chi connectivity index (χ3n) is 8.25. The molecular formula is C29H28F7NO6S. The average molecular weight is 652 g/mol. The summed E-state index contributed by atoms with van der Waals surface area (Å²) < 4.78 is 126. The van der Waals surface area contributed by atoms with E-state index in [2.05, 4.69) is 0 Å². The zero-order chi connectivity index (χ0) is 32.6. The minimum atomic E-state index is -6.38. The molecule has 1 saturated carbocycles. The zero-order valence-electron chi connectivity index (χ0n) is 23.1. The van der Waals surface area contributed by atoms with Crippen molar-refractivity contribution in [3.8, 4) is 0 Å². The van der Waals surface area contributed by atoms with Gasteiger partial charge in [-0.15, -0.1) is 0 Å². The molecule has 1 aliphatic carbocycles. The van der Waals surface area contributed by atoms with Crippen LogP contribution in [0, 0.1) is 5.92 Å². The second-order valence-corrected chi connectivity index (χ2v) is 13.2. The van der Waals surface area contributed by atoms with Crippen LogP contribution in [0.25, 0.3) is 0 Å². The Bertz CT molecular complexity index is 1490. The van der Waals surface area contributed by atoms with Crippen LogP contribution in [-0.2, 0) is 41.0 Å². The van der Waals surface area contributed by atoms with Crippen LogP contribution in [0.5, 0.6) is 0 Å². The van der Waals surface area contributed by atoms with E-state index in [1.165, 1.54) is 24.3 Å². The van der Waals surface area contributed by atoms with Crippen molar-refractivity contribution in [2.45, 2.75) is 72.6 Å². The van der Waals surface area contributed by atoms with Gasteiger partial charge in [-0.25, -0.2) is 17.6 Å². The van der Waals surface area contributed by atoms with E-state index in [0.29, 0.717) is 36.8 Å². The number of likely N-dealkylation sites (tertiary alicyclic amines) is 1. The number of hydrogen-bond acceptors (Lipinski definition) is 6. The van der Waals surface area contributed by atoms with Gasteiger partial charge in [0.25, 0.3) is 0 Å². The van der Waals surface area contributed by atoms with E-state index in [-0.39, 0.29) is 35.6 Å².